The molecule has 1 aromatic carbocycles. The lowest BCUT2D eigenvalue weighted by molar-refractivity contribution is 0.194. The first kappa shape index (κ1) is 18.9. The van der Waals surface area contributed by atoms with Crippen LogP contribution in [0.15, 0.2) is 24.3 Å². The molecule has 134 valence electrons. The van der Waals surface area contributed by atoms with Gasteiger partial charge in [-0.05, 0) is 42.9 Å². The van der Waals surface area contributed by atoms with Crippen molar-refractivity contribution in [3.8, 4) is 11.1 Å². The number of aryl methyl sites for hydroxylation is 2. The van der Waals surface area contributed by atoms with Gasteiger partial charge in [0.15, 0.2) is 0 Å². The fourth-order valence-corrected chi connectivity index (χ4v) is 3.07. The van der Waals surface area contributed by atoms with E-state index >= 15 is 0 Å². The number of aromatic nitrogens is 1. The molecule has 0 unspecified atom stereocenters. The highest BCUT2D eigenvalue weighted by molar-refractivity contribution is 5.74. The number of hydrogen-bond donors (Lipinski definition) is 3. The highest BCUT2D eigenvalue weighted by atomic mass is 16.4. The molecule has 0 fully saturated rings. The van der Waals surface area contributed by atoms with E-state index in [-0.39, 0.29) is 6.54 Å². The van der Waals surface area contributed by atoms with Gasteiger partial charge in [0.05, 0.1) is 0 Å². The average molecular weight is 341 g/mol. The van der Waals surface area contributed by atoms with Crippen LogP contribution in [0.1, 0.15) is 41.9 Å². The SMILES string of the molecule is Cc1ccc(-c2c(CN)c(C)nc(CC(C)C)c2CNC(=O)O)cc1. The number of nitrogens with one attached hydrogen (secondary N) is 1. The van der Waals surface area contributed by atoms with E-state index in [1.807, 2.05) is 13.8 Å². The Morgan fingerprint density at radius 1 is 1.20 bits per heavy atom. The lowest BCUT2D eigenvalue weighted by atomic mass is 9.89. The van der Waals surface area contributed by atoms with Gasteiger partial charge in [0.2, 0.25) is 0 Å². The summed E-state index contributed by atoms with van der Waals surface area (Å²) in [6.07, 6.45) is -0.249. The number of pyridine rings is 1. The number of carboxylic acid groups (broad SMARTS) is 1. The van der Waals surface area contributed by atoms with Gasteiger partial charge in [0, 0.05) is 30.0 Å². The van der Waals surface area contributed by atoms with Gasteiger partial charge in [-0.2, -0.15) is 0 Å². The number of amides is 1. The van der Waals surface area contributed by atoms with Crippen molar-refractivity contribution in [3.05, 3.63) is 52.3 Å². The molecule has 0 saturated heterocycles. The van der Waals surface area contributed by atoms with Crippen molar-refractivity contribution in [2.45, 2.75) is 47.2 Å². The summed E-state index contributed by atoms with van der Waals surface area (Å²) < 4.78 is 0. The summed E-state index contributed by atoms with van der Waals surface area (Å²) in [6, 6.07) is 8.24. The maximum absolute atomic E-state index is 11.1. The number of carbonyl (C=O) groups is 1. The fourth-order valence-electron chi connectivity index (χ4n) is 3.07. The van der Waals surface area contributed by atoms with Gasteiger partial charge in [0.1, 0.15) is 0 Å². The van der Waals surface area contributed by atoms with Crippen molar-refractivity contribution >= 4 is 6.09 Å². The highest BCUT2D eigenvalue weighted by Crippen LogP contribution is 2.32. The molecule has 4 N–H and O–H groups in total. The maximum atomic E-state index is 11.1. The molecule has 0 radical (unpaired) electrons. The van der Waals surface area contributed by atoms with Crippen LogP contribution < -0.4 is 11.1 Å². The third-order valence-electron chi connectivity index (χ3n) is 4.25. The van der Waals surface area contributed by atoms with Gasteiger partial charge in [-0.1, -0.05) is 43.7 Å². The zero-order chi connectivity index (χ0) is 18.6. The Kier molecular flexibility index (Phi) is 6.15. The minimum absolute atomic E-state index is 0.223. The van der Waals surface area contributed by atoms with Crippen molar-refractivity contribution < 1.29 is 9.90 Å². The van der Waals surface area contributed by atoms with Gasteiger partial charge in [-0.3, -0.25) is 4.98 Å². The number of nitrogens with zero attached hydrogens (tertiary/aromatic N) is 1. The summed E-state index contributed by atoms with van der Waals surface area (Å²) in [5, 5.41) is 11.6. The molecule has 1 aromatic heterocycles. The number of benzene rings is 1. The van der Waals surface area contributed by atoms with Crippen LogP contribution in [0.4, 0.5) is 4.79 Å². The Hall–Kier alpha value is -2.40. The third kappa shape index (κ3) is 4.57. The monoisotopic (exact) mass is 341 g/mol. The highest BCUT2D eigenvalue weighted by Gasteiger charge is 2.19. The molecule has 0 atom stereocenters. The van der Waals surface area contributed by atoms with Crippen LogP contribution in [0.5, 0.6) is 0 Å². The lowest BCUT2D eigenvalue weighted by Gasteiger charge is -2.21. The summed E-state index contributed by atoms with van der Waals surface area (Å²) in [7, 11) is 0. The molecule has 5 heteroatoms. The van der Waals surface area contributed by atoms with Gasteiger partial charge < -0.3 is 16.2 Å². The molecule has 0 saturated carbocycles. The molecule has 0 aliphatic rings. The van der Waals surface area contributed by atoms with E-state index in [2.05, 4.69) is 43.4 Å². The standard InChI is InChI=1S/C20H27N3O2/c1-12(2)9-18-17(11-22-20(24)25)19(16(10-21)14(4)23-18)15-7-5-13(3)6-8-15/h5-8,12,22H,9-11,21H2,1-4H3,(H,24,25). The molecular weight excluding hydrogens is 314 g/mol. The Bertz CT molecular complexity index is 753. The first-order valence-electron chi connectivity index (χ1n) is 8.58. The second-order valence-electron chi connectivity index (χ2n) is 6.80. The van der Waals surface area contributed by atoms with Gasteiger partial charge >= 0.3 is 6.09 Å². The predicted octanol–water partition coefficient (Wildman–Crippen LogP) is 3.79. The van der Waals surface area contributed by atoms with Gasteiger partial charge in [-0.15, -0.1) is 0 Å². The van der Waals surface area contributed by atoms with Crippen molar-refractivity contribution in [2.75, 3.05) is 0 Å². The number of nitrogens with two attached hydrogens (primary N) is 1. The molecule has 1 amide bonds. The molecule has 0 aliphatic heterocycles. The van der Waals surface area contributed by atoms with E-state index in [4.69, 9.17) is 15.8 Å². The van der Waals surface area contributed by atoms with E-state index in [0.717, 1.165) is 40.1 Å². The molecule has 1 heterocycles. The Labute approximate surface area is 149 Å². The largest absolute Gasteiger partial charge is 0.465 e. The lowest BCUT2D eigenvalue weighted by Crippen LogP contribution is -2.23. The topological polar surface area (TPSA) is 88.2 Å². The van der Waals surface area contributed by atoms with E-state index < -0.39 is 6.09 Å². The molecule has 0 spiro atoms. The van der Waals surface area contributed by atoms with Crippen molar-refractivity contribution in [3.63, 3.8) is 0 Å². The van der Waals surface area contributed by atoms with E-state index in [1.165, 1.54) is 5.56 Å². The average Bonchev–Trinajstić information content (AvgIpc) is 2.53. The van der Waals surface area contributed by atoms with Crippen LogP contribution >= 0.6 is 0 Å². The van der Waals surface area contributed by atoms with E-state index in [9.17, 15) is 4.79 Å². The maximum Gasteiger partial charge on any atom is 0.404 e. The van der Waals surface area contributed by atoms with Crippen LogP contribution in [0, 0.1) is 19.8 Å². The minimum atomic E-state index is -1.04. The third-order valence-corrected chi connectivity index (χ3v) is 4.25. The van der Waals surface area contributed by atoms with Gasteiger partial charge in [-0.25, -0.2) is 4.79 Å². The Morgan fingerprint density at radius 3 is 2.36 bits per heavy atom. The van der Waals surface area contributed by atoms with Crippen LogP contribution in [-0.2, 0) is 19.5 Å². The molecule has 2 aromatic rings. The summed E-state index contributed by atoms with van der Waals surface area (Å²) in [6.45, 7) is 8.87. The molecule has 2 rings (SSSR count). The molecule has 5 nitrogen and oxygen atoms in total. The zero-order valence-electron chi connectivity index (χ0n) is 15.4. The molecule has 0 aliphatic carbocycles. The predicted molar refractivity (Wildman–Crippen MR) is 100 cm³/mol. The smallest absolute Gasteiger partial charge is 0.404 e. The van der Waals surface area contributed by atoms with Crippen molar-refractivity contribution in [1.29, 1.82) is 0 Å². The Morgan fingerprint density at radius 2 is 1.84 bits per heavy atom. The van der Waals surface area contributed by atoms with Crippen LogP contribution in [0.3, 0.4) is 0 Å². The van der Waals surface area contributed by atoms with Crippen LogP contribution in [0.2, 0.25) is 0 Å². The van der Waals surface area contributed by atoms with Gasteiger partial charge in [0.25, 0.3) is 0 Å². The van der Waals surface area contributed by atoms with Crippen molar-refractivity contribution in [2.24, 2.45) is 11.7 Å². The van der Waals surface area contributed by atoms with Crippen LogP contribution in [0.25, 0.3) is 11.1 Å². The number of rotatable bonds is 6. The zero-order valence-corrected chi connectivity index (χ0v) is 15.4. The van der Waals surface area contributed by atoms with E-state index in [0.29, 0.717) is 12.5 Å². The first-order valence-corrected chi connectivity index (χ1v) is 8.58. The second-order valence-corrected chi connectivity index (χ2v) is 6.80. The van der Waals surface area contributed by atoms with Crippen LogP contribution in [-0.4, -0.2) is 16.2 Å². The first-order chi connectivity index (χ1) is 11.8. The summed E-state index contributed by atoms with van der Waals surface area (Å²) in [5.74, 6) is 0.421. The summed E-state index contributed by atoms with van der Waals surface area (Å²) in [5.41, 5.74) is 13.0. The minimum Gasteiger partial charge on any atom is -0.465 e. The molecule has 25 heavy (non-hydrogen) atoms. The Balaban J connectivity index is 2.71. The van der Waals surface area contributed by atoms with E-state index in [1.54, 1.807) is 0 Å². The molecular formula is C20H27N3O2. The fraction of sp³-hybridized carbons (Fsp3) is 0.400. The summed E-state index contributed by atoms with van der Waals surface area (Å²) >= 11 is 0. The quantitative estimate of drug-likeness (QED) is 0.746. The second kappa shape index (κ2) is 8.12. The number of hydrogen-bond acceptors (Lipinski definition) is 3. The summed E-state index contributed by atoms with van der Waals surface area (Å²) in [4.78, 5) is 15.8. The van der Waals surface area contributed by atoms with Crippen molar-refractivity contribution in [1.82, 2.24) is 10.3 Å². The normalized spacial score (nSPS) is 11.0. The molecule has 0 bridgehead atoms.